The van der Waals surface area contributed by atoms with E-state index in [1.54, 1.807) is 18.2 Å². The first-order valence-corrected chi connectivity index (χ1v) is 14.7. The fraction of sp³-hybridized carbons (Fsp3) is 0.242. The van der Waals surface area contributed by atoms with Gasteiger partial charge in [-0.25, -0.2) is 5.43 Å². The Morgan fingerprint density at radius 3 is 2.31 bits per heavy atom. The lowest BCUT2D eigenvalue weighted by Crippen LogP contribution is -2.46. The fourth-order valence-electron chi connectivity index (χ4n) is 5.17. The van der Waals surface area contributed by atoms with Gasteiger partial charge in [0.1, 0.15) is 0 Å². The van der Waals surface area contributed by atoms with E-state index in [1.165, 1.54) is 6.07 Å². The molecule has 0 aliphatic carbocycles. The molecule has 12 heteroatoms. The maximum atomic E-state index is 13.4. The van der Waals surface area contributed by atoms with Crippen LogP contribution in [0, 0.1) is 0 Å². The number of carbonyl (C=O) groups excluding carboxylic acids is 2. The van der Waals surface area contributed by atoms with E-state index >= 15 is 0 Å². The van der Waals surface area contributed by atoms with Crippen molar-refractivity contribution >= 4 is 46.1 Å². The first-order chi connectivity index (χ1) is 21.6. The molecule has 3 N–H and O–H groups in total. The Kier molecular flexibility index (Phi) is 10.1. The van der Waals surface area contributed by atoms with Crippen LogP contribution in [0.2, 0.25) is 5.02 Å². The Bertz CT molecular complexity index is 1720. The molecule has 0 radical (unpaired) electrons. The van der Waals surface area contributed by atoms with Crippen LogP contribution in [0.15, 0.2) is 84.0 Å². The van der Waals surface area contributed by atoms with Gasteiger partial charge in [0.05, 0.1) is 34.7 Å². The smallest absolute Gasteiger partial charge is 0.395 e. The molecule has 1 fully saturated rings. The quantitative estimate of drug-likeness (QED) is 0.163. The molecule has 0 bridgehead atoms. The maximum absolute atomic E-state index is 13.4. The number of aliphatic hydroxyl groups excluding tert-OH is 1. The molecule has 0 atom stereocenters. The van der Waals surface area contributed by atoms with Gasteiger partial charge in [-0.15, -0.1) is 0 Å². The number of carbonyl (C=O) groups is 2. The zero-order valence-corrected chi connectivity index (χ0v) is 24.9. The number of β-amino-alcohol motifs (C(OH)–C–C–N with tert-alkyl or cyclic N) is 1. The van der Waals surface area contributed by atoms with Crippen LogP contribution in [0.4, 0.5) is 18.9 Å². The summed E-state index contributed by atoms with van der Waals surface area (Å²) in [5, 5.41) is 17.0. The number of halogens is 4. The number of fused-ring (bicyclic) bond motifs is 1. The summed E-state index contributed by atoms with van der Waals surface area (Å²) in [5.41, 5.74) is 3.20. The van der Waals surface area contributed by atoms with Gasteiger partial charge >= 0.3 is 6.18 Å². The molecule has 1 saturated heterocycles. The van der Waals surface area contributed by atoms with E-state index in [4.69, 9.17) is 11.6 Å². The monoisotopic (exact) mass is 637 g/mol. The number of amides is 2. The summed E-state index contributed by atoms with van der Waals surface area (Å²) in [6.45, 7) is 4.92. The number of hydrogen-bond donors (Lipinski definition) is 3. The molecule has 45 heavy (non-hydrogen) atoms. The lowest BCUT2D eigenvalue weighted by Gasteiger charge is -2.34. The molecule has 0 aromatic heterocycles. The minimum absolute atomic E-state index is 0.0889. The predicted octanol–water partition coefficient (Wildman–Crippen LogP) is 5.64. The van der Waals surface area contributed by atoms with Crippen LogP contribution in [0.5, 0.6) is 0 Å². The maximum Gasteiger partial charge on any atom is 0.417 e. The van der Waals surface area contributed by atoms with E-state index in [0.717, 1.165) is 60.9 Å². The third kappa shape index (κ3) is 8.25. The summed E-state index contributed by atoms with van der Waals surface area (Å²) in [7, 11) is 0. The van der Waals surface area contributed by atoms with E-state index in [0.29, 0.717) is 18.7 Å². The van der Waals surface area contributed by atoms with Crippen LogP contribution in [-0.2, 0) is 12.7 Å². The molecular weight excluding hydrogens is 607 g/mol. The predicted molar refractivity (Wildman–Crippen MR) is 169 cm³/mol. The van der Waals surface area contributed by atoms with E-state index in [1.807, 2.05) is 42.5 Å². The number of hydrogen-bond acceptors (Lipinski definition) is 6. The highest BCUT2D eigenvalue weighted by Gasteiger charge is 2.33. The molecule has 0 saturated carbocycles. The standard InChI is InChI=1S/C33H31ClF3N5O3/c34-29-9-8-22(17-28(29)33(35,36)37)20-38-40-32(45)27-18-24-5-1-2-6-25(24)19-30(27)39-31(44)26-7-3-4-23(16-26)21-42-12-10-41(11-13-42)14-15-43/h1-9,16-20,43H,10-15,21H2,(H,39,44)(H,40,45). The third-order valence-corrected chi connectivity index (χ3v) is 7.86. The average Bonchev–Trinajstić information content (AvgIpc) is 3.02. The van der Waals surface area contributed by atoms with Gasteiger partial charge in [-0.2, -0.15) is 18.3 Å². The molecule has 2 amide bonds. The Morgan fingerprint density at radius 1 is 0.889 bits per heavy atom. The molecule has 4 aromatic rings. The zero-order chi connectivity index (χ0) is 32.0. The molecule has 1 heterocycles. The molecule has 0 unspecified atom stereocenters. The van der Waals surface area contributed by atoms with Crippen molar-refractivity contribution in [3.63, 3.8) is 0 Å². The summed E-state index contributed by atoms with van der Waals surface area (Å²) in [6, 6.07) is 21.2. The van der Waals surface area contributed by atoms with Crippen LogP contribution >= 0.6 is 11.6 Å². The molecule has 0 spiro atoms. The van der Waals surface area contributed by atoms with Gasteiger partial charge in [0.15, 0.2) is 0 Å². The average molecular weight is 638 g/mol. The second-order valence-electron chi connectivity index (χ2n) is 10.7. The van der Waals surface area contributed by atoms with E-state index in [9.17, 15) is 27.9 Å². The lowest BCUT2D eigenvalue weighted by molar-refractivity contribution is -0.137. The highest BCUT2D eigenvalue weighted by Crippen LogP contribution is 2.35. The van der Waals surface area contributed by atoms with Gasteiger partial charge in [-0.3, -0.25) is 19.4 Å². The van der Waals surface area contributed by atoms with E-state index in [-0.39, 0.29) is 23.4 Å². The second-order valence-corrected chi connectivity index (χ2v) is 11.1. The number of hydrazone groups is 1. The first-order valence-electron chi connectivity index (χ1n) is 14.3. The van der Waals surface area contributed by atoms with Gasteiger partial charge < -0.3 is 10.4 Å². The van der Waals surface area contributed by atoms with Crippen molar-refractivity contribution in [1.29, 1.82) is 0 Å². The minimum Gasteiger partial charge on any atom is -0.395 e. The van der Waals surface area contributed by atoms with Crippen LogP contribution < -0.4 is 10.7 Å². The van der Waals surface area contributed by atoms with Gasteiger partial charge in [0.2, 0.25) is 0 Å². The number of alkyl halides is 3. The van der Waals surface area contributed by atoms with Crippen LogP contribution in [-0.4, -0.2) is 72.3 Å². The van der Waals surface area contributed by atoms with Crippen molar-refractivity contribution in [1.82, 2.24) is 15.2 Å². The number of nitrogens with one attached hydrogen (secondary N) is 2. The molecule has 4 aromatic carbocycles. The summed E-state index contributed by atoms with van der Waals surface area (Å²) < 4.78 is 39.7. The van der Waals surface area contributed by atoms with Crippen molar-refractivity contribution < 1.29 is 27.9 Å². The Morgan fingerprint density at radius 2 is 1.60 bits per heavy atom. The van der Waals surface area contributed by atoms with Crippen molar-refractivity contribution in [2.24, 2.45) is 5.10 Å². The number of nitrogens with zero attached hydrogens (tertiary/aromatic N) is 3. The van der Waals surface area contributed by atoms with Gasteiger partial charge in [-0.05, 0) is 58.3 Å². The number of benzene rings is 4. The SMILES string of the molecule is O=C(Nc1cc2ccccc2cc1C(=O)NN=Cc1ccc(Cl)c(C(F)(F)F)c1)c1cccc(CN2CCN(CCO)CC2)c1. The Labute approximate surface area is 263 Å². The van der Waals surface area contributed by atoms with Gasteiger partial charge in [0, 0.05) is 44.8 Å². The van der Waals surface area contributed by atoms with Gasteiger partial charge in [-0.1, -0.05) is 54.1 Å². The third-order valence-electron chi connectivity index (χ3n) is 7.53. The molecular formula is C33H31ClF3N5O3. The highest BCUT2D eigenvalue weighted by atomic mass is 35.5. The van der Waals surface area contributed by atoms with E-state index < -0.39 is 28.6 Å². The Balaban J connectivity index is 1.32. The van der Waals surface area contributed by atoms with Crippen molar-refractivity contribution in [3.8, 4) is 0 Å². The van der Waals surface area contributed by atoms with Crippen LogP contribution in [0.3, 0.4) is 0 Å². The van der Waals surface area contributed by atoms with Crippen molar-refractivity contribution in [3.05, 3.63) is 112 Å². The number of rotatable bonds is 9. The summed E-state index contributed by atoms with van der Waals surface area (Å²) >= 11 is 5.68. The molecule has 8 nitrogen and oxygen atoms in total. The zero-order valence-electron chi connectivity index (χ0n) is 24.1. The summed E-state index contributed by atoms with van der Waals surface area (Å²) in [6.07, 6.45) is -3.56. The largest absolute Gasteiger partial charge is 0.417 e. The Hall–Kier alpha value is -4.29. The lowest BCUT2D eigenvalue weighted by atomic mass is 10.0. The van der Waals surface area contributed by atoms with Crippen molar-refractivity contribution in [2.75, 3.05) is 44.6 Å². The van der Waals surface area contributed by atoms with Crippen molar-refractivity contribution in [2.45, 2.75) is 12.7 Å². The first kappa shape index (κ1) is 32.1. The molecule has 5 rings (SSSR count). The fourth-order valence-corrected chi connectivity index (χ4v) is 5.40. The van der Waals surface area contributed by atoms with Gasteiger partial charge in [0.25, 0.3) is 11.8 Å². The van der Waals surface area contributed by atoms with Crippen LogP contribution in [0.25, 0.3) is 10.8 Å². The number of piperazine rings is 1. The molecule has 1 aliphatic rings. The van der Waals surface area contributed by atoms with Crippen LogP contribution in [0.1, 0.15) is 37.4 Å². The minimum atomic E-state index is -4.64. The number of anilines is 1. The molecule has 234 valence electrons. The topological polar surface area (TPSA) is 97.3 Å². The second kappa shape index (κ2) is 14.2. The molecule has 1 aliphatic heterocycles. The van der Waals surface area contributed by atoms with E-state index in [2.05, 4.69) is 25.6 Å². The summed E-state index contributed by atoms with van der Waals surface area (Å²) in [4.78, 5) is 31.2. The summed E-state index contributed by atoms with van der Waals surface area (Å²) in [5.74, 6) is -1.07. The highest BCUT2D eigenvalue weighted by molar-refractivity contribution is 6.31. The normalized spacial score (nSPS) is 14.6. The number of aliphatic hydroxyl groups is 1.